The fourth-order valence-corrected chi connectivity index (χ4v) is 7.87. The Balaban J connectivity index is 0.900. The van der Waals surface area contributed by atoms with Crippen LogP contribution in [0.15, 0.2) is 70.3 Å². The highest BCUT2D eigenvalue weighted by Crippen LogP contribution is 2.39. The minimum Gasteiger partial charge on any atom is -0.464 e. The maximum absolute atomic E-state index is 13.0. The van der Waals surface area contributed by atoms with Crippen molar-refractivity contribution in [3.63, 3.8) is 0 Å². The second kappa shape index (κ2) is 15.2. The Morgan fingerprint density at radius 1 is 0.966 bits per heavy atom. The maximum atomic E-state index is 13.0. The van der Waals surface area contributed by atoms with E-state index in [0.717, 1.165) is 58.6 Å². The van der Waals surface area contributed by atoms with Crippen LogP contribution in [0.3, 0.4) is 0 Å². The number of carbonyl (C=O) groups is 3. The van der Waals surface area contributed by atoms with E-state index in [9.17, 15) is 19.2 Å². The molecule has 15 heteroatoms. The minimum absolute atomic E-state index is 0.0766. The van der Waals surface area contributed by atoms with Gasteiger partial charge in [-0.1, -0.05) is 11.8 Å². The van der Waals surface area contributed by atoms with Crippen LogP contribution in [0.1, 0.15) is 58.1 Å². The molecule has 0 bridgehead atoms. The third-order valence-corrected chi connectivity index (χ3v) is 10.9. The van der Waals surface area contributed by atoms with Crippen LogP contribution in [0.4, 0.5) is 17.2 Å². The monoisotopic (exact) mass is 777 g/mol. The molecule has 5 aromatic heterocycles. The van der Waals surface area contributed by atoms with Gasteiger partial charge in [0.05, 0.1) is 55.2 Å². The standard InChI is InChI=1S/C43H39N9O6/c1-25-19-30-34(21-37(51-15-17-57-18-16-51)48-40(30)50(2)43(25)56)52-14-4-6-32-35(52)23-46-39(47-32)27-8-10-33(45-22-27)42(55)44-13-3-5-26-7-11-36-29(20-26)31(24-58-36)28-9-12-38(53)49-41(28)54/h7-8,10-11,19-24,28H,4,6,9,12-18H2,1-2H3,(H,44,55)(H,49,53,54). The van der Waals surface area contributed by atoms with Crippen LogP contribution >= 0.6 is 0 Å². The van der Waals surface area contributed by atoms with Crippen LogP contribution in [0, 0.1) is 18.8 Å². The SMILES string of the molecule is Cc1cc2c(N3CCCc4nc(-c5ccc(C(=O)NCC#Cc6ccc7occ(C8CCC(=O)NC8=O)c7c6)nc5)ncc43)cc(N3CCOCC3)nc2n(C)c1=O. The molecule has 8 heterocycles. The van der Waals surface area contributed by atoms with Gasteiger partial charge in [-0.25, -0.2) is 15.0 Å². The van der Waals surface area contributed by atoms with Crippen LogP contribution in [-0.2, 0) is 27.8 Å². The normalized spacial score (nSPS) is 16.8. The molecule has 15 nitrogen and oxygen atoms in total. The topological polar surface area (TPSA) is 178 Å². The first kappa shape index (κ1) is 36.7. The number of benzene rings is 1. The molecule has 0 radical (unpaired) electrons. The number of ether oxygens (including phenoxy) is 1. The van der Waals surface area contributed by atoms with Gasteiger partial charge in [-0.05, 0) is 62.6 Å². The van der Waals surface area contributed by atoms with Gasteiger partial charge in [0, 0.05) is 78.4 Å². The van der Waals surface area contributed by atoms with E-state index in [4.69, 9.17) is 24.1 Å². The summed E-state index contributed by atoms with van der Waals surface area (Å²) in [6.45, 7) is 5.32. The quantitative estimate of drug-likeness (QED) is 0.183. The van der Waals surface area contributed by atoms with Gasteiger partial charge in [0.1, 0.15) is 22.7 Å². The molecule has 1 atom stereocenters. The lowest BCUT2D eigenvalue weighted by Crippen LogP contribution is -2.39. The van der Waals surface area contributed by atoms with E-state index in [0.29, 0.717) is 66.5 Å². The largest absolute Gasteiger partial charge is 0.464 e. The van der Waals surface area contributed by atoms with Gasteiger partial charge in [-0.15, -0.1) is 0 Å². The van der Waals surface area contributed by atoms with Crippen LogP contribution in [-0.4, -0.2) is 81.6 Å². The third-order valence-electron chi connectivity index (χ3n) is 10.9. The molecule has 1 unspecified atom stereocenters. The van der Waals surface area contributed by atoms with Crippen molar-refractivity contribution in [2.24, 2.45) is 7.05 Å². The molecule has 58 heavy (non-hydrogen) atoms. The van der Waals surface area contributed by atoms with Crippen molar-refractivity contribution >= 4 is 56.9 Å². The van der Waals surface area contributed by atoms with Gasteiger partial charge in [0.25, 0.3) is 11.5 Å². The predicted octanol–water partition coefficient (Wildman–Crippen LogP) is 4.06. The highest BCUT2D eigenvalue weighted by molar-refractivity contribution is 6.03. The first-order valence-corrected chi connectivity index (χ1v) is 19.3. The smallest absolute Gasteiger partial charge is 0.270 e. The summed E-state index contributed by atoms with van der Waals surface area (Å²) < 4.78 is 12.9. The molecule has 2 N–H and O–H groups in total. The van der Waals surface area contributed by atoms with Crippen molar-refractivity contribution in [3.05, 3.63) is 99.6 Å². The average Bonchev–Trinajstić information content (AvgIpc) is 3.67. The summed E-state index contributed by atoms with van der Waals surface area (Å²) in [5, 5.41) is 6.84. The first-order valence-electron chi connectivity index (χ1n) is 19.3. The van der Waals surface area contributed by atoms with E-state index in [1.54, 1.807) is 42.3 Å². The predicted molar refractivity (Wildman–Crippen MR) is 216 cm³/mol. The average molecular weight is 778 g/mol. The molecule has 0 spiro atoms. The van der Waals surface area contributed by atoms with Gasteiger partial charge in [-0.3, -0.25) is 34.0 Å². The number of carbonyl (C=O) groups excluding carboxylic acids is 3. The lowest BCUT2D eigenvalue weighted by atomic mass is 9.90. The number of rotatable bonds is 6. The Labute approximate surface area is 332 Å². The Morgan fingerprint density at radius 3 is 2.64 bits per heavy atom. The van der Waals surface area contributed by atoms with Crippen molar-refractivity contribution in [2.45, 2.75) is 38.5 Å². The van der Waals surface area contributed by atoms with Gasteiger partial charge in [0.2, 0.25) is 11.8 Å². The molecule has 2 fully saturated rings. The zero-order valence-corrected chi connectivity index (χ0v) is 32.0. The molecular formula is C43H39N9O6. The minimum atomic E-state index is -0.470. The second-order valence-electron chi connectivity index (χ2n) is 14.6. The van der Waals surface area contributed by atoms with Crippen molar-refractivity contribution < 1.29 is 23.5 Å². The van der Waals surface area contributed by atoms with E-state index in [1.165, 1.54) is 0 Å². The summed E-state index contributed by atoms with van der Waals surface area (Å²) in [6.07, 6.45) is 7.32. The summed E-state index contributed by atoms with van der Waals surface area (Å²) >= 11 is 0. The van der Waals surface area contributed by atoms with E-state index >= 15 is 0 Å². The van der Waals surface area contributed by atoms with Crippen LogP contribution in [0.25, 0.3) is 33.4 Å². The summed E-state index contributed by atoms with van der Waals surface area (Å²) in [6, 6.07) is 12.9. The number of furan rings is 1. The number of piperidine rings is 1. The molecule has 292 valence electrons. The van der Waals surface area contributed by atoms with Gasteiger partial charge >= 0.3 is 0 Å². The highest BCUT2D eigenvalue weighted by Gasteiger charge is 2.31. The van der Waals surface area contributed by atoms with Crippen molar-refractivity contribution in [2.75, 3.05) is 49.2 Å². The number of anilines is 3. The van der Waals surface area contributed by atoms with Crippen LogP contribution in [0.2, 0.25) is 0 Å². The third kappa shape index (κ3) is 6.92. The Hall–Kier alpha value is -6.92. The van der Waals surface area contributed by atoms with E-state index in [2.05, 4.69) is 43.3 Å². The number of hydrogen-bond donors (Lipinski definition) is 2. The van der Waals surface area contributed by atoms with Gasteiger partial charge < -0.3 is 24.3 Å². The molecule has 9 rings (SSSR count). The summed E-state index contributed by atoms with van der Waals surface area (Å²) in [5.41, 5.74) is 6.87. The molecule has 3 aliphatic heterocycles. The van der Waals surface area contributed by atoms with Gasteiger partial charge in [0.15, 0.2) is 5.82 Å². The number of imide groups is 1. The summed E-state index contributed by atoms with van der Waals surface area (Å²) in [4.78, 5) is 73.5. The number of pyridine rings is 3. The second-order valence-corrected chi connectivity index (χ2v) is 14.6. The molecule has 0 aliphatic carbocycles. The van der Waals surface area contributed by atoms with Crippen molar-refractivity contribution in [1.82, 2.24) is 35.1 Å². The van der Waals surface area contributed by atoms with Crippen molar-refractivity contribution in [1.29, 1.82) is 0 Å². The fourth-order valence-electron chi connectivity index (χ4n) is 7.87. The summed E-state index contributed by atoms with van der Waals surface area (Å²) in [5.74, 6) is 5.90. The van der Waals surface area contributed by atoms with Crippen LogP contribution < -0.4 is 26.0 Å². The van der Waals surface area contributed by atoms with Crippen molar-refractivity contribution in [3.8, 4) is 23.2 Å². The number of nitrogens with zero attached hydrogens (tertiary/aromatic N) is 7. The Kier molecular flexibility index (Phi) is 9.62. The Bertz CT molecular complexity index is 2760. The molecular weight excluding hydrogens is 739 g/mol. The molecule has 3 amide bonds. The number of fused-ring (bicyclic) bond motifs is 3. The van der Waals surface area contributed by atoms with Crippen LogP contribution in [0.5, 0.6) is 0 Å². The number of nitrogens with one attached hydrogen (secondary N) is 2. The number of hydrogen-bond acceptors (Lipinski definition) is 12. The number of aromatic nitrogens is 5. The Morgan fingerprint density at radius 2 is 1.83 bits per heavy atom. The van der Waals surface area contributed by atoms with E-state index in [-0.39, 0.29) is 41.9 Å². The van der Waals surface area contributed by atoms with E-state index < -0.39 is 5.92 Å². The molecule has 1 aromatic carbocycles. The maximum Gasteiger partial charge on any atom is 0.270 e. The number of amides is 3. The molecule has 3 aliphatic rings. The molecule has 0 saturated carbocycles. The lowest BCUT2D eigenvalue weighted by molar-refractivity contribution is -0.134. The zero-order chi connectivity index (χ0) is 39.9. The first-order chi connectivity index (χ1) is 28.2. The highest BCUT2D eigenvalue weighted by atomic mass is 16.5. The fraction of sp³-hybridized carbons (Fsp3) is 0.302. The van der Waals surface area contributed by atoms with E-state index in [1.807, 2.05) is 31.3 Å². The summed E-state index contributed by atoms with van der Waals surface area (Å²) in [7, 11) is 1.77. The van der Waals surface area contributed by atoms with Gasteiger partial charge in [-0.2, -0.15) is 0 Å². The number of aryl methyl sites for hydroxylation is 3. The zero-order valence-electron chi connectivity index (χ0n) is 32.0. The lowest BCUT2D eigenvalue weighted by Gasteiger charge is -2.33. The molecule has 6 aromatic rings. The molecule has 2 saturated heterocycles. The number of morpholine rings is 1.